The third kappa shape index (κ3) is 6.19. The number of esters is 1. The Morgan fingerprint density at radius 2 is 1.83 bits per heavy atom. The molecular weight excluding hydrogens is 401 g/mol. The summed E-state index contributed by atoms with van der Waals surface area (Å²) in [7, 11) is -3.23. The Labute approximate surface area is 166 Å². The van der Waals surface area contributed by atoms with Crippen molar-refractivity contribution in [3.8, 4) is 11.4 Å². The van der Waals surface area contributed by atoms with E-state index in [1.54, 1.807) is 24.3 Å². The van der Waals surface area contributed by atoms with Gasteiger partial charge in [-0.25, -0.2) is 22.3 Å². The zero-order valence-corrected chi connectivity index (χ0v) is 16.3. The largest absolute Gasteiger partial charge is 0.452 e. The molecule has 0 saturated heterocycles. The van der Waals surface area contributed by atoms with E-state index in [9.17, 15) is 17.6 Å². The average molecular weight is 419 g/mol. The molecule has 0 amide bonds. The van der Waals surface area contributed by atoms with E-state index in [1.165, 1.54) is 24.3 Å². The number of nitrogens with zero attached hydrogens (tertiary/aromatic N) is 2. The Hall–Kier alpha value is -3.11. The molecule has 3 aromatic rings. The number of aromatic nitrogens is 2. The van der Waals surface area contributed by atoms with Crippen molar-refractivity contribution < 1.29 is 26.9 Å². The van der Waals surface area contributed by atoms with Gasteiger partial charge in [-0.15, -0.1) is 0 Å². The Kier molecular flexibility index (Phi) is 6.35. The summed E-state index contributed by atoms with van der Waals surface area (Å²) in [5, 5.41) is 3.78. The number of ether oxygens (including phenoxy) is 1. The number of benzene rings is 2. The quantitative estimate of drug-likeness (QED) is 0.558. The van der Waals surface area contributed by atoms with Crippen molar-refractivity contribution in [1.29, 1.82) is 0 Å². The summed E-state index contributed by atoms with van der Waals surface area (Å²) < 4.78 is 47.7. The number of carbonyl (C=O) groups is 1. The minimum Gasteiger partial charge on any atom is -0.452 e. The van der Waals surface area contributed by atoms with Gasteiger partial charge < -0.3 is 9.26 Å². The maximum atomic E-state index is 13.0. The molecule has 152 valence electrons. The highest BCUT2D eigenvalue weighted by atomic mass is 32.2. The topological polar surface area (TPSA) is 111 Å². The molecule has 1 aromatic heterocycles. The molecule has 0 bridgehead atoms. The predicted molar refractivity (Wildman–Crippen MR) is 102 cm³/mol. The summed E-state index contributed by atoms with van der Waals surface area (Å²) in [6, 6.07) is 12.2. The highest BCUT2D eigenvalue weighted by molar-refractivity contribution is 7.88. The fraction of sp³-hybridized carbons (Fsp3) is 0.211. The normalized spacial score (nSPS) is 11.4. The summed E-state index contributed by atoms with van der Waals surface area (Å²) in [4.78, 5) is 16.3. The minimum atomic E-state index is -3.23. The van der Waals surface area contributed by atoms with Gasteiger partial charge >= 0.3 is 5.97 Å². The lowest BCUT2D eigenvalue weighted by atomic mass is 10.1. The van der Waals surface area contributed by atoms with E-state index in [-0.39, 0.29) is 30.7 Å². The molecule has 0 aliphatic carbocycles. The lowest BCUT2D eigenvalue weighted by Crippen LogP contribution is -2.24. The van der Waals surface area contributed by atoms with Gasteiger partial charge in [0.15, 0.2) is 6.61 Å². The van der Waals surface area contributed by atoms with Gasteiger partial charge in [-0.05, 0) is 48.4 Å². The van der Waals surface area contributed by atoms with Crippen molar-refractivity contribution in [1.82, 2.24) is 14.9 Å². The molecule has 1 N–H and O–H groups in total. The first kappa shape index (κ1) is 20.6. The number of hydrogen-bond donors (Lipinski definition) is 1. The first-order valence-corrected chi connectivity index (χ1v) is 10.5. The molecule has 0 aliphatic heterocycles. The van der Waals surface area contributed by atoms with Crippen LogP contribution in [0, 0.1) is 5.82 Å². The maximum Gasteiger partial charge on any atom is 0.338 e. The first-order chi connectivity index (χ1) is 13.8. The van der Waals surface area contributed by atoms with Crippen molar-refractivity contribution in [3.05, 3.63) is 71.4 Å². The number of rotatable bonds is 8. The Morgan fingerprint density at radius 3 is 2.48 bits per heavy atom. The Balaban J connectivity index is 1.52. The van der Waals surface area contributed by atoms with Gasteiger partial charge in [-0.1, -0.05) is 17.3 Å². The zero-order chi connectivity index (χ0) is 20.9. The van der Waals surface area contributed by atoms with Crippen LogP contribution in [0.15, 0.2) is 53.1 Å². The first-order valence-electron chi connectivity index (χ1n) is 8.59. The highest BCUT2D eigenvalue weighted by Gasteiger charge is 2.13. The SMILES string of the molecule is CS(=O)(=O)NCCc1ccc(C(=O)OCc2nc(-c3ccc(F)cc3)no2)cc1. The second kappa shape index (κ2) is 8.93. The van der Waals surface area contributed by atoms with Crippen LogP contribution in [-0.4, -0.2) is 37.3 Å². The van der Waals surface area contributed by atoms with E-state index < -0.39 is 16.0 Å². The van der Waals surface area contributed by atoms with Gasteiger partial charge in [-0.2, -0.15) is 4.98 Å². The second-order valence-corrected chi connectivity index (χ2v) is 8.04. The molecule has 0 unspecified atom stereocenters. The molecule has 0 aliphatic rings. The van der Waals surface area contributed by atoms with Gasteiger partial charge in [0, 0.05) is 12.1 Å². The van der Waals surface area contributed by atoms with E-state index in [0.717, 1.165) is 11.8 Å². The van der Waals surface area contributed by atoms with Crippen LogP contribution in [0.4, 0.5) is 4.39 Å². The molecular formula is C19H18FN3O5S. The van der Waals surface area contributed by atoms with E-state index in [2.05, 4.69) is 14.9 Å². The highest BCUT2D eigenvalue weighted by Crippen LogP contribution is 2.16. The Bertz CT molecular complexity index is 1080. The fourth-order valence-corrected chi connectivity index (χ4v) is 2.90. The van der Waals surface area contributed by atoms with Crippen LogP contribution >= 0.6 is 0 Å². The van der Waals surface area contributed by atoms with Gasteiger partial charge in [0.25, 0.3) is 5.89 Å². The maximum absolute atomic E-state index is 13.0. The van der Waals surface area contributed by atoms with Crippen molar-refractivity contribution in [2.24, 2.45) is 0 Å². The number of carbonyl (C=O) groups excluding carboxylic acids is 1. The van der Waals surface area contributed by atoms with E-state index in [1.807, 2.05) is 0 Å². The molecule has 29 heavy (non-hydrogen) atoms. The average Bonchev–Trinajstić information content (AvgIpc) is 3.15. The minimum absolute atomic E-state index is 0.112. The summed E-state index contributed by atoms with van der Waals surface area (Å²) in [5.74, 6) is -0.555. The van der Waals surface area contributed by atoms with Crippen LogP contribution in [-0.2, 0) is 27.8 Å². The lowest BCUT2D eigenvalue weighted by molar-refractivity contribution is 0.0430. The molecule has 0 atom stereocenters. The van der Waals surface area contributed by atoms with E-state index in [0.29, 0.717) is 17.5 Å². The molecule has 2 aromatic carbocycles. The molecule has 1 heterocycles. The second-order valence-electron chi connectivity index (χ2n) is 6.21. The number of halogens is 1. The summed E-state index contributed by atoms with van der Waals surface area (Å²) >= 11 is 0. The zero-order valence-electron chi connectivity index (χ0n) is 15.5. The van der Waals surface area contributed by atoms with E-state index >= 15 is 0 Å². The Morgan fingerprint density at radius 1 is 1.14 bits per heavy atom. The van der Waals surface area contributed by atoms with Crippen molar-refractivity contribution in [2.75, 3.05) is 12.8 Å². The van der Waals surface area contributed by atoms with Crippen LogP contribution in [0.1, 0.15) is 21.8 Å². The molecule has 8 nitrogen and oxygen atoms in total. The van der Waals surface area contributed by atoms with Crippen molar-refractivity contribution in [2.45, 2.75) is 13.0 Å². The van der Waals surface area contributed by atoms with Crippen LogP contribution in [0.2, 0.25) is 0 Å². The van der Waals surface area contributed by atoms with Gasteiger partial charge in [0.05, 0.1) is 11.8 Å². The molecule has 3 rings (SSSR count). The van der Waals surface area contributed by atoms with Gasteiger partial charge in [0.1, 0.15) is 5.82 Å². The monoisotopic (exact) mass is 419 g/mol. The molecule has 10 heteroatoms. The summed E-state index contributed by atoms with van der Waals surface area (Å²) in [6.07, 6.45) is 1.59. The number of sulfonamides is 1. The third-order valence-electron chi connectivity index (χ3n) is 3.86. The van der Waals surface area contributed by atoms with E-state index in [4.69, 9.17) is 9.26 Å². The number of nitrogens with one attached hydrogen (secondary N) is 1. The lowest BCUT2D eigenvalue weighted by Gasteiger charge is -2.05. The van der Waals surface area contributed by atoms with Crippen LogP contribution in [0.3, 0.4) is 0 Å². The third-order valence-corrected chi connectivity index (χ3v) is 4.59. The fourth-order valence-electron chi connectivity index (χ4n) is 2.43. The smallest absolute Gasteiger partial charge is 0.338 e. The van der Waals surface area contributed by atoms with Crippen LogP contribution < -0.4 is 4.72 Å². The van der Waals surface area contributed by atoms with Crippen molar-refractivity contribution in [3.63, 3.8) is 0 Å². The molecule has 0 saturated carbocycles. The number of hydrogen-bond acceptors (Lipinski definition) is 7. The predicted octanol–water partition coefficient (Wildman–Crippen LogP) is 2.32. The summed E-state index contributed by atoms with van der Waals surface area (Å²) in [6.45, 7) is 0.0727. The molecule has 0 spiro atoms. The van der Waals surface area contributed by atoms with Crippen LogP contribution in [0.25, 0.3) is 11.4 Å². The molecule has 0 radical (unpaired) electrons. The van der Waals surface area contributed by atoms with Crippen LogP contribution in [0.5, 0.6) is 0 Å². The summed E-state index contributed by atoms with van der Waals surface area (Å²) in [5.41, 5.74) is 1.79. The van der Waals surface area contributed by atoms with Crippen molar-refractivity contribution >= 4 is 16.0 Å². The molecule has 0 fully saturated rings. The van der Waals surface area contributed by atoms with Gasteiger partial charge in [0.2, 0.25) is 15.8 Å². The standard InChI is InChI=1S/C19H18FN3O5S/c1-29(25,26)21-11-10-13-2-4-15(5-3-13)19(24)27-12-17-22-18(23-28-17)14-6-8-16(20)9-7-14/h2-9,21H,10-12H2,1H3. The van der Waals surface area contributed by atoms with Gasteiger partial charge in [-0.3, -0.25) is 0 Å².